The zero-order valence-electron chi connectivity index (χ0n) is 14.1. The number of piperidine rings is 1. The number of piperazine rings is 1. The summed E-state index contributed by atoms with van der Waals surface area (Å²) in [6.07, 6.45) is 1.35. The average molecular weight is 312 g/mol. The minimum atomic E-state index is -0.355. The first-order valence-corrected chi connectivity index (χ1v) is 8.74. The number of likely N-dealkylation sites (tertiary alicyclic amines) is 1. The third-order valence-electron chi connectivity index (χ3n) is 4.77. The monoisotopic (exact) mass is 312 g/mol. The van der Waals surface area contributed by atoms with Gasteiger partial charge < -0.3 is 25.1 Å². The van der Waals surface area contributed by atoms with Crippen molar-refractivity contribution in [3.63, 3.8) is 0 Å². The van der Waals surface area contributed by atoms with Crippen LogP contribution in [0.15, 0.2) is 0 Å². The fraction of sp³-hybridized carbons (Fsp3) is 0.938. The minimum absolute atomic E-state index is 0.0265. The van der Waals surface area contributed by atoms with Crippen LogP contribution in [0.2, 0.25) is 0 Å². The number of urea groups is 1. The van der Waals surface area contributed by atoms with Crippen LogP contribution in [0.1, 0.15) is 26.7 Å². The summed E-state index contributed by atoms with van der Waals surface area (Å²) in [5, 5.41) is 12.7. The number of amides is 2. The van der Waals surface area contributed by atoms with Crippen LogP contribution in [0.4, 0.5) is 4.79 Å². The summed E-state index contributed by atoms with van der Waals surface area (Å²) in [5.41, 5.74) is 0. The van der Waals surface area contributed by atoms with E-state index in [1.54, 1.807) is 4.90 Å². The summed E-state index contributed by atoms with van der Waals surface area (Å²) >= 11 is 0. The minimum Gasteiger partial charge on any atom is -0.391 e. The highest BCUT2D eigenvalue weighted by molar-refractivity contribution is 5.74. The SMILES string of the molecule is CCN1CCN(C[C@H](C)CNC(=O)N2CCC[C@@H](O)C2)CC1. The molecular weight excluding hydrogens is 280 g/mol. The molecule has 2 atom stereocenters. The highest BCUT2D eigenvalue weighted by Gasteiger charge is 2.22. The molecule has 2 N–H and O–H groups in total. The number of rotatable bonds is 5. The number of hydrogen-bond donors (Lipinski definition) is 2. The van der Waals surface area contributed by atoms with Crippen LogP contribution in [-0.2, 0) is 0 Å². The molecule has 22 heavy (non-hydrogen) atoms. The summed E-state index contributed by atoms with van der Waals surface area (Å²) < 4.78 is 0. The molecule has 0 aromatic rings. The second-order valence-electron chi connectivity index (χ2n) is 6.77. The Morgan fingerprint density at radius 2 is 1.91 bits per heavy atom. The number of carbonyl (C=O) groups is 1. The van der Waals surface area contributed by atoms with Crippen molar-refractivity contribution in [1.29, 1.82) is 0 Å². The highest BCUT2D eigenvalue weighted by Crippen LogP contribution is 2.10. The second-order valence-corrected chi connectivity index (χ2v) is 6.77. The van der Waals surface area contributed by atoms with E-state index in [2.05, 4.69) is 29.0 Å². The Hall–Kier alpha value is -0.850. The number of hydrogen-bond acceptors (Lipinski definition) is 4. The molecule has 2 rings (SSSR count). The molecule has 2 aliphatic rings. The van der Waals surface area contributed by atoms with Crippen LogP contribution < -0.4 is 5.32 Å². The van der Waals surface area contributed by atoms with Crippen molar-refractivity contribution in [2.75, 3.05) is 58.9 Å². The molecule has 2 saturated heterocycles. The van der Waals surface area contributed by atoms with E-state index in [4.69, 9.17) is 0 Å². The largest absolute Gasteiger partial charge is 0.391 e. The number of aliphatic hydroxyl groups is 1. The lowest BCUT2D eigenvalue weighted by molar-refractivity contribution is 0.0834. The third-order valence-corrected chi connectivity index (χ3v) is 4.77. The van der Waals surface area contributed by atoms with Crippen LogP contribution in [0.25, 0.3) is 0 Å². The molecule has 0 bridgehead atoms. The summed E-state index contributed by atoms with van der Waals surface area (Å²) in [6.45, 7) is 13.1. The molecule has 0 unspecified atom stereocenters. The van der Waals surface area contributed by atoms with Gasteiger partial charge in [-0.15, -0.1) is 0 Å². The van der Waals surface area contributed by atoms with Crippen molar-refractivity contribution >= 4 is 6.03 Å². The Labute approximate surface area is 134 Å². The Balaban J connectivity index is 1.63. The van der Waals surface area contributed by atoms with E-state index < -0.39 is 0 Å². The lowest BCUT2D eigenvalue weighted by atomic mass is 10.1. The molecule has 0 saturated carbocycles. The highest BCUT2D eigenvalue weighted by atomic mass is 16.3. The van der Waals surface area contributed by atoms with Crippen molar-refractivity contribution in [1.82, 2.24) is 20.0 Å². The molecule has 0 aromatic carbocycles. The molecule has 6 heteroatoms. The van der Waals surface area contributed by atoms with Crippen LogP contribution in [0.5, 0.6) is 0 Å². The van der Waals surface area contributed by atoms with Gasteiger partial charge >= 0.3 is 6.03 Å². The van der Waals surface area contributed by atoms with Crippen LogP contribution in [0, 0.1) is 5.92 Å². The summed E-state index contributed by atoms with van der Waals surface area (Å²) in [4.78, 5) is 18.8. The van der Waals surface area contributed by atoms with Gasteiger partial charge in [0.15, 0.2) is 0 Å². The number of likely N-dealkylation sites (N-methyl/N-ethyl adjacent to an activating group) is 1. The lowest BCUT2D eigenvalue weighted by Crippen LogP contribution is -2.50. The molecule has 0 spiro atoms. The second kappa shape index (κ2) is 8.70. The standard InChI is InChI=1S/C16H32N4O2/c1-3-18-7-9-19(10-8-18)12-14(2)11-17-16(22)20-6-4-5-15(21)13-20/h14-15,21H,3-13H2,1-2H3,(H,17,22)/t14-,15-/m1/s1. The zero-order valence-corrected chi connectivity index (χ0v) is 14.1. The molecule has 0 aromatic heterocycles. The summed E-state index contributed by atoms with van der Waals surface area (Å²) in [5.74, 6) is 0.451. The smallest absolute Gasteiger partial charge is 0.317 e. The molecular formula is C16H32N4O2. The zero-order chi connectivity index (χ0) is 15.9. The maximum atomic E-state index is 12.1. The molecule has 2 aliphatic heterocycles. The maximum absolute atomic E-state index is 12.1. The Bertz CT molecular complexity index is 345. The van der Waals surface area contributed by atoms with Gasteiger partial charge in [0.05, 0.1) is 6.10 Å². The summed E-state index contributed by atoms with van der Waals surface area (Å²) in [6, 6.07) is -0.0265. The van der Waals surface area contributed by atoms with E-state index in [1.807, 2.05) is 0 Å². The first-order valence-electron chi connectivity index (χ1n) is 8.74. The van der Waals surface area contributed by atoms with Gasteiger partial charge in [0, 0.05) is 52.4 Å². The van der Waals surface area contributed by atoms with Gasteiger partial charge in [-0.1, -0.05) is 13.8 Å². The molecule has 0 aliphatic carbocycles. The lowest BCUT2D eigenvalue weighted by Gasteiger charge is -2.35. The number of carbonyl (C=O) groups excluding carboxylic acids is 1. The van der Waals surface area contributed by atoms with Crippen LogP contribution >= 0.6 is 0 Å². The first kappa shape index (κ1) is 17.5. The van der Waals surface area contributed by atoms with Crippen molar-refractivity contribution in [3.8, 4) is 0 Å². The predicted octanol–water partition coefficient (Wildman–Crippen LogP) is 0.426. The van der Waals surface area contributed by atoms with Crippen molar-refractivity contribution < 1.29 is 9.90 Å². The van der Waals surface area contributed by atoms with E-state index in [0.717, 1.165) is 58.7 Å². The molecule has 0 radical (unpaired) electrons. The first-order chi connectivity index (χ1) is 10.6. The third kappa shape index (κ3) is 5.41. The topological polar surface area (TPSA) is 59.0 Å². The van der Waals surface area contributed by atoms with E-state index >= 15 is 0 Å². The fourth-order valence-corrected chi connectivity index (χ4v) is 3.31. The van der Waals surface area contributed by atoms with Crippen LogP contribution in [0.3, 0.4) is 0 Å². The number of nitrogens with one attached hydrogen (secondary N) is 1. The van der Waals surface area contributed by atoms with Gasteiger partial charge in [-0.2, -0.15) is 0 Å². The molecule has 128 valence electrons. The Kier molecular flexibility index (Phi) is 6.92. The normalized spacial score (nSPS) is 26.0. The molecule has 2 heterocycles. The molecule has 2 amide bonds. The van der Waals surface area contributed by atoms with Gasteiger partial charge in [-0.25, -0.2) is 4.79 Å². The van der Waals surface area contributed by atoms with Crippen molar-refractivity contribution in [3.05, 3.63) is 0 Å². The number of nitrogens with zero attached hydrogens (tertiary/aromatic N) is 3. The quantitative estimate of drug-likeness (QED) is 0.773. The molecule has 2 fully saturated rings. The van der Waals surface area contributed by atoms with Gasteiger partial charge in [0.1, 0.15) is 0 Å². The molecule has 6 nitrogen and oxygen atoms in total. The van der Waals surface area contributed by atoms with Crippen molar-refractivity contribution in [2.24, 2.45) is 5.92 Å². The number of aliphatic hydroxyl groups excluding tert-OH is 1. The number of β-amino-alcohol motifs (C(OH)–C–C–N with tert-alkyl or cyclic N) is 1. The van der Waals surface area contributed by atoms with Gasteiger partial charge in [-0.3, -0.25) is 0 Å². The fourth-order valence-electron chi connectivity index (χ4n) is 3.31. The maximum Gasteiger partial charge on any atom is 0.317 e. The van der Waals surface area contributed by atoms with Gasteiger partial charge in [-0.05, 0) is 25.3 Å². The Morgan fingerprint density at radius 1 is 1.23 bits per heavy atom. The van der Waals surface area contributed by atoms with E-state index in [0.29, 0.717) is 19.0 Å². The van der Waals surface area contributed by atoms with Gasteiger partial charge in [0.25, 0.3) is 0 Å². The van der Waals surface area contributed by atoms with E-state index in [-0.39, 0.29) is 12.1 Å². The van der Waals surface area contributed by atoms with Crippen LogP contribution in [-0.4, -0.2) is 90.8 Å². The summed E-state index contributed by atoms with van der Waals surface area (Å²) in [7, 11) is 0. The predicted molar refractivity (Wildman–Crippen MR) is 87.9 cm³/mol. The average Bonchev–Trinajstić information content (AvgIpc) is 2.53. The van der Waals surface area contributed by atoms with E-state index in [1.165, 1.54) is 0 Å². The van der Waals surface area contributed by atoms with Crippen molar-refractivity contribution in [2.45, 2.75) is 32.8 Å². The van der Waals surface area contributed by atoms with Gasteiger partial charge in [0.2, 0.25) is 0 Å². The van der Waals surface area contributed by atoms with E-state index in [9.17, 15) is 9.90 Å². The Morgan fingerprint density at radius 3 is 2.55 bits per heavy atom.